The van der Waals surface area contributed by atoms with Crippen molar-refractivity contribution in [2.24, 2.45) is 12.0 Å². The van der Waals surface area contributed by atoms with Gasteiger partial charge in [-0.15, -0.1) is 5.10 Å². The summed E-state index contributed by atoms with van der Waals surface area (Å²) in [4.78, 5) is 17.3. The highest BCUT2D eigenvalue weighted by atomic mass is 16.1. The molecule has 0 spiro atoms. The number of aromatic amines is 1. The molecule has 5 rings (SSSR count). The molecule has 3 aromatic carbocycles. The number of tetrazole rings is 1. The molecule has 0 radical (unpaired) electrons. The number of aromatic nitrogens is 6. The van der Waals surface area contributed by atoms with Crippen molar-refractivity contribution in [3.05, 3.63) is 95.6 Å². The van der Waals surface area contributed by atoms with Gasteiger partial charge >= 0.3 is 0 Å². The van der Waals surface area contributed by atoms with Crippen LogP contribution in [0.5, 0.6) is 0 Å². The van der Waals surface area contributed by atoms with Crippen molar-refractivity contribution >= 4 is 28.6 Å². The number of nitrogens with zero attached hydrogens (tertiary/aromatic N) is 6. The summed E-state index contributed by atoms with van der Waals surface area (Å²) in [6, 6.07) is 25.6. The minimum absolute atomic E-state index is 0.137. The van der Waals surface area contributed by atoms with E-state index in [1.807, 2.05) is 61.6 Å². The van der Waals surface area contributed by atoms with E-state index in [-0.39, 0.29) is 11.9 Å². The van der Waals surface area contributed by atoms with Gasteiger partial charge in [0.05, 0.1) is 23.3 Å². The molecule has 9 heteroatoms. The summed E-state index contributed by atoms with van der Waals surface area (Å²) in [5.74, 6) is -0.159. The number of hydrogen-bond donors (Lipinski definition) is 2. The second-order valence-corrected chi connectivity index (χ2v) is 7.27. The summed E-state index contributed by atoms with van der Waals surface area (Å²) >= 11 is 0. The quantitative estimate of drug-likeness (QED) is 0.452. The van der Waals surface area contributed by atoms with Crippen LogP contribution in [0.3, 0.4) is 0 Å². The monoisotopic (exact) mass is 424 g/mol. The fraction of sp³-hybridized carbons (Fsp3) is 0.0870. The Morgan fingerprint density at radius 3 is 2.41 bits per heavy atom. The molecule has 0 aliphatic heterocycles. The first-order valence-electron chi connectivity index (χ1n) is 10.1. The fourth-order valence-corrected chi connectivity index (χ4v) is 3.61. The molecule has 0 fully saturated rings. The van der Waals surface area contributed by atoms with E-state index < -0.39 is 0 Å². The number of benzene rings is 3. The topological polar surface area (TPSA) is 106 Å². The van der Waals surface area contributed by atoms with Gasteiger partial charge in [0.15, 0.2) is 0 Å². The first-order chi connectivity index (χ1) is 15.7. The van der Waals surface area contributed by atoms with E-state index in [4.69, 9.17) is 4.99 Å². The van der Waals surface area contributed by atoms with Crippen molar-refractivity contribution < 1.29 is 4.79 Å². The minimum Gasteiger partial charge on any atom is -0.313 e. The van der Waals surface area contributed by atoms with Crippen LogP contribution in [0.15, 0.2) is 83.9 Å². The molecule has 9 nitrogen and oxygen atoms in total. The van der Waals surface area contributed by atoms with Gasteiger partial charge in [-0.2, -0.15) is 5.21 Å². The van der Waals surface area contributed by atoms with Crippen LogP contribution in [0, 0.1) is 0 Å². The second kappa shape index (κ2) is 8.31. The number of carbonyl (C=O) groups is 1. The number of hydrogen-bond acceptors (Lipinski definition) is 5. The van der Waals surface area contributed by atoms with Gasteiger partial charge in [-0.3, -0.25) is 10.1 Å². The van der Waals surface area contributed by atoms with Gasteiger partial charge in [0, 0.05) is 12.6 Å². The van der Waals surface area contributed by atoms with Crippen molar-refractivity contribution in [1.82, 2.24) is 29.8 Å². The summed E-state index contributed by atoms with van der Waals surface area (Å²) in [5, 5.41) is 15.8. The highest BCUT2D eigenvalue weighted by Gasteiger charge is 2.12. The molecule has 2 aromatic heterocycles. The number of rotatable bonds is 5. The molecule has 0 aliphatic rings. The highest BCUT2D eigenvalue weighted by Crippen LogP contribution is 2.16. The predicted molar refractivity (Wildman–Crippen MR) is 120 cm³/mol. The lowest BCUT2D eigenvalue weighted by Gasteiger charge is -2.07. The molecule has 0 saturated carbocycles. The number of nitrogens with one attached hydrogen (secondary N) is 2. The number of fused-ring (bicyclic) bond motifs is 1. The van der Waals surface area contributed by atoms with Crippen LogP contribution >= 0.6 is 0 Å². The first kappa shape index (κ1) is 19.4. The van der Waals surface area contributed by atoms with Gasteiger partial charge in [-0.25, -0.2) is 4.99 Å². The number of amides is 1. The molecule has 32 heavy (non-hydrogen) atoms. The summed E-state index contributed by atoms with van der Waals surface area (Å²) < 4.78 is 4.27. The van der Waals surface area contributed by atoms with Crippen molar-refractivity contribution in [2.75, 3.05) is 5.32 Å². The third kappa shape index (κ3) is 3.79. The molecule has 0 aliphatic carbocycles. The number of para-hydroxylation sites is 3. The number of imidazole rings is 1. The lowest BCUT2D eigenvalue weighted by Crippen LogP contribution is -2.24. The largest absolute Gasteiger partial charge is 0.313 e. The van der Waals surface area contributed by atoms with Crippen LogP contribution in [0.25, 0.3) is 11.0 Å². The van der Waals surface area contributed by atoms with Crippen molar-refractivity contribution in [2.45, 2.75) is 6.54 Å². The van der Waals surface area contributed by atoms with Gasteiger partial charge in [0.25, 0.3) is 11.9 Å². The number of H-pyrrole nitrogens is 1. The van der Waals surface area contributed by atoms with Crippen molar-refractivity contribution in [1.29, 1.82) is 0 Å². The van der Waals surface area contributed by atoms with Crippen LogP contribution in [0.2, 0.25) is 0 Å². The molecule has 158 valence electrons. The molecule has 0 bridgehead atoms. The molecule has 0 saturated heterocycles. The zero-order valence-electron chi connectivity index (χ0n) is 17.3. The van der Waals surface area contributed by atoms with Crippen LogP contribution in [-0.4, -0.2) is 35.7 Å². The Balaban J connectivity index is 1.49. The Bertz CT molecular complexity index is 1430. The van der Waals surface area contributed by atoms with E-state index >= 15 is 0 Å². The lowest BCUT2D eigenvalue weighted by atomic mass is 10.1. The average molecular weight is 424 g/mol. The van der Waals surface area contributed by atoms with Gasteiger partial charge in [-0.05, 0) is 47.2 Å². The maximum atomic E-state index is 12.4. The van der Waals surface area contributed by atoms with Gasteiger partial charge in [-0.1, -0.05) is 47.6 Å². The zero-order valence-corrected chi connectivity index (χ0v) is 17.3. The summed E-state index contributed by atoms with van der Waals surface area (Å²) in [6.45, 7) is 0.611. The SMILES string of the molecule is Cn1c(=Nc2ccccc2)n(Cc2ccc(C(=O)Nc3nn[nH]n3)cc2)c2ccccc21. The third-order valence-corrected chi connectivity index (χ3v) is 5.19. The lowest BCUT2D eigenvalue weighted by molar-refractivity contribution is 0.102. The van der Waals surface area contributed by atoms with E-state index in [0.717, 1.165) is 27.9 Å². The van der Waals surface area contributed by atoms with Crippen LogP contribution in [0.4, 0.5) is 11.6 Å². The van der Waals surface area contributed by atoms with Crippen LogP contribution in [-0.2, 0) is 13.6 Å². The summed E-state index contributed by atoms with van der Waals surface area (Å²) in [6.07, 6.45) is 0. The standard InChI is InChI=1S/C23H20N8O/c1-30-19-9-5-6-10-20(19)31(23(30)24-18-7-3-2-4-8-18)15-16-11-13-17(14-12-16)21(32)25-22-26-28-29-27-22/h2-14H,15H2,1H3,(H2,25,26,27,28,29,32). The molecular formula is C23H20N8O. The molecule has 2 heterocycles. The third-order valence-electron chi connectivity index (χ3n) is 5.19. The Morgan fingerprint density at radius 1 is 0.969 bits per heavy atom. The van der Waals surface area contributed by atoms with Crippen LogP contribution in [0.1, 0.15) is 15.9 Å². The zero-order chi connectivity index (χ0) is 21.9. The normalized spacial score (nSPS) is 11.7. The molecule has 1 amide bonds. The number of aryl methyl sites for hydroxylation is 1. The maximum absolute atomic E-state index is 12.4. The maximum Gasteiger partial charge on any atom is 0.270 e. The molecular weight excluding hydrogens is 404 g/mol. The number of anilines is 1. The van der Waals surface area contributed by atoms with Gasteiger partial charge < -0.3 is 9.13 Å². The van der Waals surface area contributed by atoms with E-state index in [1.165, 1.54) is 0 Å². The van der Waals surface area contributed by atoms with Crippen LogP contribution < -0.4 is 10.9 Å². The summed E-state index contributed by atoms with van der Waals surface area (Å²) in [5.41, 5.74) is 5.47. The highest BCUT2D eigenvalue weighted by molar-refractivity contribution is 6.03. The van der Waals surface area contributed by atoms with E-state index in [2.05, 4.69) is 47.2 Å². The second-order valence-electron chi connectivity index (χ2n) is 7.27. The minimum atomic E-state index is -0.296. The van der Waals surface area contributed by atoms with Gasteiger partial charge in [0.1, 0.15) is 0 Å². The van der Waals surface area contributed by atoms with E-state index in [0.29, 0.717) is 12.1 Å². The van der Waals surface area contributed by atoms with Gasteiger partial charge in [0.2, 0.25) is 5.62 Å². The number of carbonyl (C=O) groups excluding carboxylic acids is 1. The average Bonchev–Trinajstić information content (AvgIpc) is 3.43. The Hall–Kier alpha value is -4.53. The van der Waals surface area contributed by atoms with Crippen molar-refractivity contribution in [3.8, 4) is 0 Å². The smallest absolute Gasteiger partial charge is 0.270 e. The molecule has 0 atom stereocenters. The predicted octanol–water partition coefficient (Wildman–Crippen LogP) is 3.03. The Morgan fingerprint density at radius 2 is 1.69 bits per heavy atom. The fourth-order valence-electron chi connectivity index (χ4n) is 3.61. The van der Waals surface area contributed by atoms with E-state index in [1.54, 1.807) is 12.1 Å². The first-order valence-corrected chi connectivity index (χ1v) is 10.1. The van der Waals surface area contributed by atoms with E-state index in [9.17, 15) is 4.79 Å². The Labute approximate surface area is 183 Å². The molecule has 2 N–H and O–H groups in total. The van der Waals surface area contributed by atoms with Crippen molar-refractivity contribution in [3.63, 3.8) is 0 Å². The molecule has 5 aromatic rings. The molecule has 0 unspecified atom stereocenters. The summed E-state index contributed by atoms with van der Waals surface area (Å²) in [7, 11) is 2.02. The Kier molecular flexibility index (Phi) is 5.04.